The first-order valence-corrected chi connectivity index (χ1v) is 11.2. The molecule has 1 aromatic carbocycles. The Balaban J connectivity index is 1.74. The Morgan fingerprint density at radius 2 is 1.78 bits per heavy atom. The molecule has 2 aliphatic heterocycles. The quantitative estimate of drug-likeness (QED) is 0.850. The standard InChI is InChI=1S/C20H31N3O3S/c1-15-10-16(2)12-23(11-15)27(25,26)18-6-4-17(5-7-18)19(24)22-9-8-20(3,13-21)14-22/h4-7,15-16H,8-14,21H2,1-3H3. The molecule has 3 atom stereocenters. The van der Waals surface area contributed by atoms with Crippen LogP contribution in [0.3, 0.4) is 0 Å². The van der Waals surface area contributed by atoms with Crippen LogP contribution < -0.4 is 5.73 Å². The third kappa shape index (κ3) is 4.20. The molecular formula is C20H31N3O3S. The fraction of sp³-hybridized carbons (Fsp3) is 0.650. The Kier molecular flexibility index (Phi) is 5.66. The Morgan fingerprint density at radius 3 is 2.30 bits per heavy atom. The highest BCUT2D eigenvalue weighted by Crippen LogP contribution is 2.30. The molecule has 2 fully saturated rings. The normalized spacial score (nSPS) is 29.9. The zero-order valence-corrected chi connectivity index (χ0v) is 17.3. The molecule has 0 aromatic heterocycles. The Hall–Kier alpha value is -1.44. The van der Waals surface area contributed by atoms with Gasteiger partial charge in [0.15, 0.2) is 0 Å². The number of rotatable bonds is 4. The summed E-state index contributed by atoms with van der Waals surface area (Å²) in [6.45, 7) is 9.27. The maximum Gasteiger partial charge on any atom is 0.253 e. The lowest BCUT2D eigenvalue weighted by atomic mass is 9.90. The largest absolute Gasteiger partial charge is 0.338 e. The van der Waals surface area contributed by atoms with Gasteiger partial charge in [0, 0.05) is 31.7 Å². The Labute approximate surface area is 162 Å². The average molecular weight is 394 g/mol. The fourth-order valence-corrected chi connectivity index (χ4v) is 5.95. The highest BCUT2D eigenvalue weighted by atomic mass is 32.2. The molecule has 1 aromatic rings. The number of nitrogens with zero attached hydrogens (tertiary/aromatic N) is 2. The van der Waals surface area contributed by atoms with Crippen molar-refractivity contribution in [2.75, 3.05) is 32.7 Å². The summed E-state index contributed by atoms with van der Waals surface area (Å²) in [5.74, 6) is 0.657. The highest BCUT2D eigenvalue weighted by molar-refractivity contribution is 7.89. The number of benzene rings is 1. The van der Waals surface area contributed by atoms with Crippen LogP contribution in [0.15, 0.2) is 29.2 Å². The van der Waals surface area contributed by atoms with Crippen molar-refractivity contribution >= 4 is 15.9 Å². The van der Waals surface area contributed by atoms with Crippen LogP contribution in [0.4, 0.5) is 0 Å². The molecule has 2 heterocycles. The van der Waals surface area contributed by atoms with Gasteiger partial charge >= 0.3 is 0 Å². The van der Waals surface area contributed by atoms with E-state index in [2.05, 4.69) is 20.8 Å². The molecule has 3 rings (SSSR count). The second kappa shape index (κ2) is 7.53. The highest BCUT2D eigenvalue weighted by Gasteiger charge is 2.35. The summed E-state index contributed by atoms with van der Waals surface area (Å²) in [6.07, 6.45) is 1.95. The summed E-state index contributed by atoms with van der Waals surface area (Å²) < 4.78 is 27.5. The van der Waals surface area contributed by atoms with Crippen molar-refractivity contribution < 1.29 is 13.2 Å². The first-order valence-electron chi connectivity index (χ1n) is 9.74. The van der Waals surface area contributed by atoms with Crippen molar-refractivity contribution in [2.24, 2.45) is 23.0 Å². The maximum atomic E-state index is 13.0. The van der Waals surface area contributed by atoms with E-state index >= 15 is 0 Å². The molecule has 0 saturated carbocycles. The molecule has 0 radical (unpaired) electrons. The topological polar surface area (TPSA) is 83.7 Å². The molecule has 3 unspecified atom stereocenters. The molecule has 2 saturated heterocycles. The Morgan fingerprint density at radius 1 is 1.19 bits per heavy atom. The number of carbonyl (C=O) groups excluding carboxylic acids is 1. The minimum absolute atomic E-state index is 0.0272. The first kappa shape index (κ1) is 20.3. The summed E-state index contributed by atoms with van der Waals surface area (Å²) >= 11 is 0. The van der Waals surface area contributed by atoms with Crippen LogP contribution in [-0.2, 0) is 10.0 Å². The molecule has 7 heteroatoms. The molecule has 150 valence electrons. The molecule has 2 N–H and O–H groups in total. The molecule has 27 heavy (non-hydrogen) atoms. The lowest BCUT2D eigenvalue weighted by molar-refractivity contribution is 0.0777. The van der Waals surface area contributed by atoms with Gasteiger partial charge in [-0.2, -0.15) is 4.31 Å². The summed E-state index contributed by atoms with van der Waals surface area (Å²) in [5.41, 5.74) is 6.31. The fourth-order valence-electron chi connectivity index (χ4n) is 4.27. The van der Waals surface area contributed by atoms with Crippen molar-refractivity contribution in [3.63, 3.8) is 0 Å². The van der Waals surface area contributed by atoms with Gasteiger partial charge in [-0.25, -0.2) is 8.42 Å². The van der Waals surface area contributed by atoms with E-state index in [9.17, 15) is 13.2 Å². The maximum absolute atomic E-state index is 13.0. The lowest BCUT2D eigenvalue weighted by Crippen LogP contribution is -2.42. The summed E-state index contributed by atoms with van der Waals surface area (Å²) in [7, 11) is -3.52. The van der Waals surface area contributed by atoms with E-state index < -0.39 is 10.0 Å². The molecule has 2 aliphatic rings. The smallest absolute Gasteiger partial charge is 0.253 e. The monoisotopic (exact) mass is 393 g/mol. The van der Waals surface area contributed by atoms with Crippen LogP contribution in [0.1, 0.15) is 44.0 Å². The number of carbonyl (C=O) groups is 1. The zero-order chi connectivity index (χ0) is 19.8. The van der Waals surface area contributed by atoms with Gasteiger partial charge < -0.3 is 10.6 Å². The molecule has 0 aliphatic carbocycles. The number of sulfonamides is 1. The number of nitrogens with two attached hydrogens (primary N) is 1. The lowest BCUT2D eigenvalue weighted by Gasteiger charge is -2.34. The van der Waals surface area contributed by atoms with Crippen molar-refractivity contribution in [3.05, 3.63) is 29.8 Å². The van der Waals surface area contributed by atoms with E-state index in [0.717, 1.165) is 12.8 Å². The van der Waals surface area contributed by atoms with Gasteiger partial charge in [-0.15, -0.1) is 0 Å². The number of hydrogen-bond acceptors (Lipinski definition) is 4. The number of piperidine rings is 1. The van der Waals surface area contributed by atoms with E-state index in [4.69, 9.17) is 5.73 Å². The summed E-state index contributed by atoms with van der Waals surface area (Å²) in [6, 6.07) is 6.38. The second-order valence-electron chi connectivity index (χ2n) is 8.78. The van der Waals surface area contributed by atoms with Crippen LogP contribution in [0.5, 0.6) is 0 Å². The summed E-state index contributed by atoms with van der Waals surface area (Å²) in [5, 5.41) is 0. The van der Waals surface area contributed by atoms with Crippen LogP contribution in [0.2, 0.25) is 0 Å². The minimum Gasteiger partial charge on any atom is -0.338 e. The van der Waals surface area contributed by atoms with Crippen LogP contribution >= 0.6 is 0 Å². The average Bonchev–Trinajstić information content (AvgIpc) is 3.03. The molecular weight excluding hydrogens is 362 g/mol. The third-order valence-electron chi connectivity index (χ3n) is 5.91. The van der Waals surface area contributed by atoms with Gasteiger partial charge in [0.25, 0.3) is 5.91 Å². The van der Waals surface area contributed by atoms with Crippen molar-refractivity contribution in [2.45, 2.75) is 38.5 Å². The number of hydrogen-bond donors (Lipinski definition) is 1. The number of amides is 1. The van der Waals surface area contributed by atoms with Gasteiger partial charge in [0.1, 0.15) is 0 Å². The van der Waals surface area contributed by atoms with E-state index in [1.54, 1.807) is 28.6 Å². The minimum atomic E-state index is -3.52. The number of likely N-dealkylation sites (tertiary alicyclic amines) is 1. The van der Waals surface area contributed by atoms with E-state index in [1.807, 2.05) is 4.90 Å². The van der Waals surface area contributed by atoms with Crippen LogP contribution in [0.25, 0.3) is 0 Å². The molecule has 0 bridgehead atoms. The second-order valence-corrected chi connectivity index (χ2v) is 10.7. The molecule has 0 spiro atoms. The van der Waals surface area contributed by atoms with Gasteiger partial charge in [-0.3, -0.25) is 4.79 Å². The van der Waals surface area contributed by atoms with Crippen LogP contribution in [0, 0.1) is 17.3 Å². The Bertz CT molecular complexity index is 783. The predicted octanol–water partition coefficient (Wildman–Crippen LogP) is 2.16. The third-order valence-corrected chi connectivity index (χ3v) is 7.76. The first-order chi connectivity index (χ1) is 12.6. The van der Waals surface area contributed by atoms with Gasteiger partial charge in [0.2, 0.25) is 10.0 Å². The summed E-state index contributed by atoms with van der Waals surface area (Å²) in [4.78, 5) is 14.8. The van der Waals surface area contributed by atoms with Crippen molar-refractivity contribution in [1.29, 1.82) is 0 Å². The van der Waals surface area contributed by atoms with Crippen LogP contribution in [-0.4, -0.2) is 56.3 Å². The van der Waals surface area contributed by atoms with Gasteiger partial charge in [0.05, 0.1) is 4.90 Å². The molecule has 6 nitrogen and oxygen atoms in total. The van der Waals surface area contributed by atoms with E-state index in [0.29, 0.717) is 50.1 Å². The van der Waals surface area contributed by atoms with Gasteiger partial charge in [-0.1, -0.05) is 20.8 Å². The molecule has 1 amide bonds. The van der Waals surface area contributed by atoms with E-state index in [-0.39, 0.29) is 16.2 Å². The van der Waals surface area contributed by atoms with Crippen molar-refractivity contribution in [3.8, 4) is 0 Å². The van der Waals surface area contributed by atoms with E-state index in [1.165, 1.54) is 0 Å². The van der Waals surface area contributed by atoms with Crippen molar-refractivity contribution in [1.82, 2.24) is 9.21 Å². The zero-order valence-electron chi connectivity index (χ0n) is 16.5. The van der Waals surface area contributed by atoms with Gasteiger partial charge in [-0.05, 0) is 60.9 Å². The predicted molar refractivity (Wildman–Crippen MR) is 106 cm³/mol. The SMILES string of the molecule is CC1CC(C)CN(S(=O)(=O)c2ccc(C(=O)N3CCC(C)(CN)C3)cc2)C1.